The molecule has 0 aliphatic heterocycles. The van der Waals surface area contributed by atoms with Gasteiger partial charge in [0.25, 0.3) is 0 Å². The summed E-state index contributed by atoms with van der Waals surface area (Å²) >= 11 is 0. The van der Waals surface area contributed by atoms with E-state index in [4.69, 9.17) is 19.3 Å². The Balaban J connectivity index is 1.98. The van der Waals surface area contributed by atoms with Gasteiger partial charge in [0.05, 0.1) is 31.0 Å². The molecule has 198 valence electrons. The largest absolute Gasteiger partial charge is 0.462 e. The summed E-state index contributed by atoms with van der Waals surface area (Å²) in [5, 5.41) is 9.04. The minimum Gasteiger partial charge on any atom is -0.462 e. The fourth-order valence-corrected chi connectivity index (χ4v) is 3.42. The van der Waals surface area contributed by atoms with Crippen LogP contribution in [0, 0.1) is 5.92 Å². The van der Waals surface area contributed by atoms with Crippen LogP contribution in [0.5, 0.6) is 5.75 Å². The van der Waals surface area contributed by atoms with Crippen molar-refractivity contribution in [2.45, 2.75) is 46.0 Å². The first-order chi connectivity index (χ1) is 17.7. The Kier molecular flexibility index (Phi) is 12.3. The van der Waals surface area contributed by atoms with Crippen LogP contribution < -0.4 is 4.74 Å². The predicted molar refractivity (Wildman–Crippen MR) is 141 cm³/mol. The SMILES string of the molecule is C=C(C)C(=O)OCC(COC(=O)C(=C)CO)Cc1ccc(C(=O)Oc2ccc(CCCCC)cc2)cc1. The van der Waals surface area contributed by atoms with Gasteiger partial charge in [0.2, 0.25) is 0 Å². The smallest absolute Gasteiger partial charge is 0.343 e. The Labute approximate surface area is 218 Å². The van der Waals surface area contributed by atoms with Gasteiger partial charge in [0.1, 0.15) is 5.75 Å². The van der Waals surface area contributed by atoms with Gasteiger partial charge in [-0.3, -0.25) is 0 Å². The van der Waals surface area contributed by atoms with Crippen molar-refractivity contribution in [1.82, 2.24) is 0 Å². The molecule has 2 aromatic rings. The molecule has 0 bridgehead atoms. The Morgan fingerprint density at radius 3 is 2.03 bits per heavy atom. The molecular formula is C30H36O7. The first-order valence-electron chi connectivity index (χ1n) is 12.4. The molecule has 7 nitrogen and oxygen atoms in total. The van der Waals surface area contributed by atoms with Gasteiger partial charge in [0, 0.05) is 11.5 Å². The lowest BCUT2D eigenvalue weighted by atomic mass is 9.99. The van der Waals surface area contributed by atoms with Crippen LogP contribution >= 0.6 is 0 Å². The zero-order valence-electron chi connectivity index (χ0n) is 21.7. The van der Waals surface area contributed by atoms with E-state index in [1.807, 2.05) is 12.1 Å². The monoisotopic (exact) mass is 508 g/mol. The standard InChI is InChI=1S/C30H36O7/c1-5-6-7-8-23-11-15-27(16-12-23)37-30(34)26-13-9-24(10-14-26)17-25(19-35-28(32)21(2)3)20-36-29(33)22(4)18-31/h9-16,25,31H,2,4-8,17-20H2,1,3H3. The van der Waals surface area contributed by atoms with E-state index < -0.39 is 24.5 Å². The number of carbonyl (C=O) groups is 3. The molecule has 1 N–H and O–H groups in total. The number of hydrogen-bond acceptors (Lipinski definition) is 7. The van der Waals surface area contributed by atoms with Gasteiger partial charge in [-0.1, -0.05) is 57.2 Å². The van der Waals surface area contributed by atoms with Crippen LogP contribution in [0.25, 0.3) is 0 Å². The molecule has 0 amide bonds. The van der Waals surface area contributed by atoms with Gasteiger partial charge in [0.15, 0.2) is 0 Å². The number of hydrogen-bond donors (Lipinski definition) is 1. The molecule has 2 aromatic carbocycles. The van der Waals surface area contributed by atoms with Crippen molar-refractivity contribution < 1.29 is 33.7 Å². The van der Waals surface area contributed by atoms with E-state index in [-0.39, 0.29) is 30.3 Å². The Morgan fingerprint density at radius 2 is 1.46 bits per heavy atom. The average molecular weight is 509 g/mol. The van der Waals surface area contributed by atoms with Gasteiger partial charge in [-0.05, 0) is 61.6 Å². The second-order valence-electron chi connectivity index (χ2n) is 9.00. The van der Waals surface area contributed by atoms with Gasteiger partial charge >= 0.3 is 17.9 Å². The maximum Gasteiger partial charge on any atom is 0.343 e. The molecule has 37 heavy (non-hydrogen) atoms. The van der Waals surface area contributed by atoms with Gasteiger partial charge in [-0.15, -0.1) is 0 Å². The first-order valence-corrected chi connectivity index (χ1v) is 12.4. The molecule has 1 unspecified atom stereocenters. The van der Waals surface area contributed by atoms with Crippen LogP contribution in [0.4, 0.5) is 0 Å². The van der Waals surface area contributed by atoms with Crippen molar-refractivity contribution in [3.05, 3.63) is 89.5 Å². The lowest BCUT2D eigenvalue weighted by Gasteiger charge is -2.18. The predicted octanol–water partition coefficient (Wildman–Crippen LogP) is 5.01. The van der Waals surface area contributed by atoms with Gasteiger partial charge in [-0.25, -0.2) is 14.4 Å². The summed E-state index contributed by atoms with van der Waals surface area (Å²) < 4.78 is 15.9. The summed E-state index contributed by atoms with van der Waals surface area (Å²) in [6, 6.07) is 14.4. The van der Waals surface area contributed by atoms with Crippen LogP contribution in [0.2, 0.25) is 0 Å². The van der Waals surface area contributed by atoms with Crippen molar-refractivity contribution in [2.24, 2.45) is 5.92 Å². The fourth-order valence-electron chi connectivity index (χ4n) is 3.42. The summed E-state index contributed by atoms with van der Waals surface area (Å²) in [7, 11) is 0. The van der Waals surface area contributed by atoms with E-state index in [2.05, 4.69) is 20.1 Å². The zero-order chi connectivity index (χ0) is 27.2. The van der Waals surface area contributed by atoms with E-state index in [1.54, 1.807) is 43.3 Å². The molecule has 0 fully saturated rings. The molecule has 0 aromatic heterocycles. The van der Waals surface area contributed by atoms with Crippen LogP contribution in [0.1, 0.15) is 54.6 Å². The molecule has 0 saturated carbocycles. The molecule has 0 spiro atoms. The molecule has 1 atom stereocenters. The minimum absolute atomic E-state index is 0.00279. The lowest BCUT2D eigenvalue weighted by Crippen LogP contribution is -2.24. The summed E-state index contributed by atoms with van der Waals surface area (Å²) in [4.78, 5) is 36.3. The Hall–Kier alpha value is -3.71. The zero-order valence-corrected chi connectivity index (χ0v) is 21.7. The number of unbranched alkanes of at least 4 members (excludes halogenated alkanes) is 2. The average Bonchev–Trinajstić information content (AvgIpc) is 2.90. The number of aliphatic hydroxyl groups excluding tert-OH is 1. The maximum absolute atomic E-state index is 12.6. The van der Waals surface area contributed by atoms with Crippen molar-refractivity contribution in [3.63, 3.8) is 0 Å². The van der Waals surface area contributed by atoms with E-state index >= 15 is 0 Å². The van der Waals surface area contributed by atoms with E-state index in [0.717, 1.165) is 18.4 Å². The Morgan fingerprint density at radius 1 is 0.865 bits per heavy atom. The highest BCUT2D eigenvalue weighted by Crippen LogP contribution is 2.18. The highest BCUT2D eigenvalue weighted by Gasteiger charge is 2.18. The molecule has 7 heteroatoms. The number of rotatable bonds is 15. The van der Waals surface area contributed by atoms with Crippen LogP contribution in [0.3, 0.4) is 0 Å². The minimum atomic E-state index is -0.717. The van der Waals surface area contributed by atoms with Crippen molar-refractivity contribution in [3.8, 4) is 5.75 Å². The molecule has 0 aliphatic carbocycles. The normalized spacial score (nSPS) is 11.3. The number of esters is 3. The van der Waals surface area contributed by atoms with E-state index in [0.29, 0.717) is 17.7 Å². The summed E-state index contributed by atoms with van der Waals surface area (Å²) in [6.45, 7) is 10.2. The van der Waals surface area contributed by atoms with E-state index in [1.165, 1.54) is 18.4 Å². The Bertz CT molecular complexity index is 1070. The first kappa shape index (κ1) is 29.5. The highest BCUT2D eigenvalue weighted by atomic mass is 16.5. The molecule has 0 saturated heterocycles. The number of carbonyl (C=O) groups excluding carboxylic acids is 3. The van der Waals surface area contributed by atoms with Crippen LogP contribution in [0.15, 0.2) is 72.8 Å². The summed E-state index contributed by atoms with van der Waals surface area (Å²) in [5.74, 6) is -1.59. The lowest BCUT2D eigenvalue weighted by molar-refractivity contribution is -0.144. The second-order valence-corrected chi connectivity index (χ2v) is 9.00. The van der Waals surface area contributed by atoms with Crippen LogP contribution in [-0.4, -0.2) is 42.8 Å². The van der Waals surface area contributed by atoms with Gasteiger partial charge < -0.3 is 19.3 Å². The third kappa shape index (κ3) is 10.4. The summed E-state index contributed by atoms with van der Waals surface area (Å²) in [5.41, 5.74) is 2.66. The quantitative estimate of drug-likeness (QED) is 0.156. The third-order valence-corrected chi connectivity index (χ3v) is 5.65. The molecule has 0 radical (unpaired) electrons. The number of aryl methyl sites for hydroxylation is 1. The topological polar surface area (TPSA) is 99.1 Å². The number of ether oxygens (including phenoxy) is 3. The van der Waals surface area contributed by atoms with Crippen LogP contribution in [-0.2, 0) is 31.9 Å². The molecular weight excluding hydrogens is 472 g/mol. The second kappa shape index (κ2) is 15.4. The van der Waals surface area contributed by atoms with E-state index in [9.17, 15) is 14.4 Å². The maximum atomic E-state index is 12.6. The van der Waals surface area contributed by atoms with Gasteiger partial charge in [-0.2, -0.15) is 0 Å². The highest BCUT2D eigenvalue weighted by molar-refractivity contribution is 5.91. The fraction of sp³-hybridized carbons (Fsp3) is 0.367. The molecule has 2 rings (SSSR count). The van der Waals surface area contributed by atoms with Crippen molar-refractivity contribution in [2.75, 3.05) is 19.8 Å². The number of benzene rings is 2. The summed E-state index contributed by atoms with van der Waals surface area (Å²) in [6.07, 6.45) is 4.92. The number of aliphatic hydroxyl groups is 1. The molecule has 0 aliphatic rings. The van der Waals surface area contributed by atoms with Crippen molar-refractivity contribution in [1.29, 1.82) is 0 Å². The van der Waals surface area contributed by atoms with Crippen molar-refractivity contribution >= 4 is 17.9 Å². The third-order valence-electron chi connectivity index (χ3n) is 5.65. The molecule has 0 heterocycles.